The van der Waals surface area contributed by atoms with Gasteiger partial charge in [0.1, 0.15) is 4.71 Å². The lowest BCUT2D eigenvalue weighted by Gasteiger charge is -2.51. The summed E-state index contributed by atoms with van der Waals surface area (Å²) < 4.78 is 23.6. The first-order valence-corrected chi connectivity index (χ1v) is 8.18. The Hall–Kier alpha value is -0.0200. The molecule has 3 aliphatic rings. The first kappa shape index (κ1) is 11.1. The second-order valence-corrected chi connectivity index (χ2v) is 8.43. The SMILES string of the molecule is O=S1(=O)C[C@]23CC=CC[C@@]2(CCCC3)[C@@H]1Cl. The number of alkyl halides is 1. The van der Waals surface area contributed by atoms with Crippen molar-refractivity contribution in [3.63, 3.8) is 0 Å². The van der Waals surface area contributed by atoms with Crippen molar-refractivity contribution in [2.45, 2.75) is 43.2 Å². The molecule has 16 heavy (non-hydrogen) atoms. The van der Waals surface area contributed by atoms with Crippen LogP contribution < -0.4 is 0 Å². The van der Waals surface area contributed by atoms with Crippen LogP contribution in [0.4, 0.5) is 0 Å². The minimum atomic E-state index is -3.08. The Balaban J connectivity index is 2.17. The number of halogens is 1. The second kappa shape index (κ2) is 3.26. The average Bonchev–Trinajstić information content (AvgIpc) is 2.45. The van der Waals surface area contributed by atoms with Crippen molar-refractivity contribution in [1.82, 2.24) is 0 Å². The van der Waals surface area contributed by atoms with E-state index in [9.17, 15) is 8.42 Å². The van der Waals surface area contributed by atoms with Gasteiger partial charge in [-0.25, -0.2) is 8.42 Å². The van der Waals surface area contributed by atoms with E-state index in [4.69, 9.17) is 11.6 Å². The fraction of sp³-hybridized carbons (Fsp3) is 0.833. The predicted octanol–water partition coefficient (Wildman–Crippen LogP) is 2.88. The van der Waals surface area contributed by atoms with Crippen LogP contribution in [0.25, 0.3) is 0 Å². The first-order valence-electron chi connectivity index (χ1n) is 6.03. The van der Waals surface area contributed by atoms with E-state index in [1.807, 2.05) is 0 Å². The minimum absolute atomic E-state index is 0.0365. The molecular formula is C12H17ClO2S. The van der Waals surface area contributed by atoms with Gasteiger partial charge in [-0.3, -0.25) is 0 Å². The summed E-state index contributed by atoms with van der Waals surface area (Å²) in [5.41, 5.74) is -0.189. The Morgan fingerprint density at radius 1 is 1.12 bits per heavy atom. The molecular weight excluding hydrogens is 244 g/mol. The number of sulfone groups is 1. The summed E-state index contributed by atoms with van der Waals surface area (Å²) in [6, 6.07) is 0. The lowest BCUT2D eigenvalue weighted by molar-refractivity contribution is 0.0265. The summed E-state index contributed by atoms with van der Waals surface area (Å²) in [4.78, 5) is 0. The van der Waals surface area contributed by atoms with Gasteiger partial charge in [-0.05, 0) is 31.1 Å². The van der Waals surface area contributed by atoms with Gasteiger partial charge in [0.25, 0.3) is 0 Å². The molecule has 3 rings (SSSR count). The molecule has 0 spiro atoms. The number of allylic oxidation sites excluding steroid dienone is 2. The molecule has 0 aromatic heterocycles. The Morgan fingerprint density at radius 2 is 1.81 bits per heavy atom. The molecule has 0 radical (unpaired) electrons. The van der Waals surface area contributed by atoms with Gasteiger partial charge in [-0.1, -0.05) is 25.0 Å². The fourth-order valence-electron chi connectivity index (χ4n) is 4.17. The lowest BCUT2D eigenvalue weighted by Crippen LogP contribution is -2.46. The zero-order chi connectivity index (χ0) is 11.4. The minimum Gasteiger partial charge on any atom is -0.227 e. The van der Waals surface area contributed by atoms with Crippen LogP contribution in [0.3, 0.4) is 0 Å². The summed E-state index contributed by atoms with van der Waals surface area (Å²) in [6.07, 6.45) is 10.4. The molecule has 0 unspecified atom stereocenters. The monoisotopic (exact) mass is 260 g/mol. The molecule has 1 saturated heterocycles. The third kappa shape index (κ3) is 1.16. The van der Waals surface area contributed by atoms with Crippen molar-refractivity contribution in [3.8, 4) is 0 Å². The third-order valence-corrected chi connectivity index (χ3v) is 8.24. The van der Waals surface area contributed by atoms with Crippen LogP contribution in [0, 0.1) is 10.8 Å². The average molecular weight is 261 g/mol. The largest absolute Gasteiger partial charge is 0.227 e. The highest BCUT2D eigenvalue weighted by atomic mass is 35.5. The molecule has 1 saturated carbocycles. The summed E-state index contributed by atoms with van der Waals surface area (Å²) in [6.45, 7) is 0. The Morgan fingerprint density at radius 3 is 2.56 bits per heavy atom. The quantitative estimate of drug-likeness (QED) is 0.496. The van der Waals surface area contributed by atoms with Crippen molar-refractivity contribution >= 4 is 21.4 Å². The normalized spacial score (nSPS) is 49.7. The van der Waals surface area contributed by atoms with Gasteiger partial charge in [-0.15, -0.1) is 11.6 Å². The highest BCUT2D eigenvalue weighted by molar-refractivity contribution is 7.93. The van der Waals surface area contributed by atoms with Crippen molar-refractivity contribution in [1.29, 1.82) is 0 Å². The van der Waals surface area contributed by atoms with Gasteiger partial charge in [0.2, 0.25) is 0 Å². The van der Waals surface area contributed by atoms with E-state index in [0.717, 1.165) is 38.5 Å². The number of hydrogen-bond acceptors (Lipinski definition) is 2. The van der Waals surface area contributed by atoms with Crippen LogP contribution in [-0.4, -0.2) is 18.9 Å². The maximum Gasteiger partial charge on any atom is 0.168 e. The maximum atomic E-state index is 12.1. The highest BCUT2D eigenvalue weighted by Crippen LogP contribution is 2.66. The third-order valence-electron chi connectivity index (χ3n) is 4.97. The van der Waals surface area contributed by atoms with Crippen LogP contribution >= 0.6 is 11.6 Å². The molecule has 2 aliphatic carbocycles. The molecule has 0 N–H and O–H groups in total. The second-order valence-electron chi connectivity index (χ2n) is 5.65. The van der Waals surface area contributed by atoms with E-state index in [-0.39, 0.29) is 10.8 Å². The topological polar surface area (TPSA) is 34.1 Å². The predicted molar refractivity (Wildman–Crippen MR) is 65.1 cm³/mol. The van der Waals surface area contributed by atoms with Gasteiger partial charge in [-0.2, -0.15) is 0 Å². The lowest BCUT2D eigenvalue weighted by atomic mass is 9.53. The summed E-state index contributed by atoms with van der Waals surface area (Å²) >= 11 is 6.31. The molecule has 0 bridgehead atoms. The number of rotatable bonds is 0. The summed E-state index contributed by atoms with van der Waals surface area (Å²) in [5, 5.41) is 0. The molecule has 0 aromatic carbocycles. The van der Waals surface area contributed by atoms with Crippen LogP contribution in [0.5, 0.6) is 0 Å². The van der Waals surface area contributed by atoms with E-state index in [2.05, 4.69) is 12.2 Å². The van der Waals surface area contributed by atoms with Crippen molar-refractivity contribution < 1.29 is 8.42 Å². The summed E-state index contributed by atoms with van der Waals surface area (Å²) in [5.74, 6) is 0.318. The smallest absolute Gasteiger partial charge is 0.168 e. The van der Waals surface area contributed by atoms with Gasteiger partial charge in [0.05, 0.1) is 5.75 Å². The summed E-state index contributed by atoms with van der Waals surface area (Å²) in [7, 11) is -3.08. The molecule has 90 valence electrons. The zero-order valence-electron chi connectivity index (χ0n) is 9.28. The van der Waals surface area contributed by atoms with Crippen LogP contribution in [0.2, 0.25) is 0 Å². The van der Waals surface area contributed by atoms with E-state index in [0.29, 0.717) is 5.75 Å². The number of hydrogen-bond donors (Lipinski definition) is 0. The molecule has 0 amide bonds. The van der Waals surface area contributed by atoms with Crippen LogP contribution in [0.1, 0.15) is 38.5 Å². The van der Waals surface area contributed by atoms with E-state index in [1.54, 1.807) is 0 Å². The van der Waals surface area contributed by atoms with E-state index >= 15 is 0 Å². The van der Waals surface area contributed by atoms with Crippen molar-refractivity contribution in [3.05, 3.63) is 12.2 Å². The molecule has 2 fully saturated rings. The van der Waals surface area contributed by atoms with Gasteiger partial charge >= 0.3 is 0 Å². The van der Waals surface area contributed by atoms with Crippen molar-refractivity contribution in [2.75, 3.05) is 5.75 Å². The Bertz CT molecular complexity index is 442. The fourth-order valence-corrected chi connectivity index (χ4v) is 7.40. The van der Waals surface area contributed by atoms with E-state index in [1.165, 1.54) is 0 Å². The molecule has 1 heterocycles. The molecule has 2 nitrogen and oxygen atoms in total. The molecule has 3 atom stereocenters. The van der Waals surface area contributed by atoms with Gasteiger partial charge in [0.15, 0.2) is 9.84 Å². The Labute approximate surface area is 102 Å². The van der Waals surface area contributed by atoms with Crippen LogP contribution in [-0.2, 0) is 9.84 Å². The zero-order valence-corrected chi connectivity index (χ0v) is 10.9. The highest BCUT2D eigenvalue weighted by Gasteiger charge is 2.66. The first-order chi connectivity index (χ1) is 7.53. The van der Waals surface area contributed by atoms with E-state index < -0.39 is 14.5 Å². The molecule has 4 heteroatoms. The van der Waals surface area contributed by atoms with Crippen molar-refractivity contribution in [2.24, 2.45) is 10.8 Å². The maximum absolute atomic E-state index is 12.1. The van der Waals surface area contributed by atoms with Gasteiger partial charge in [0, 0.05) is 5.41 Å². The van der Waals surface area contributed by atoms with Crippen LogP contribution in [0.15, 0.2) is 12.2 Å². The Kier molecular flexibility index (Phi) is 2.26. The van der Waals surface area contributed by atoms with Gasteiger partial charge < -0.3 is 0 Å². The molecule has 1 aliphatic heterocycles. The molecule has 0 aromatic rings. The standard InChI is InChI=1S/C12H17ClO2S/c13-10-12-7-3-1-5-11(12,6-2-4-8-12)9-16(10,14)15/h1,3,10H,2,4-9H2/t10-,11-,12-/m1/s1.